The largest absolute Gasteiger partial charge is 0.497 e. The lowest BCUT2D eigenvalue weighted by Crippen LogP contribution is -2.21. The Hall–Kier alpha value is -2.30. The molecule has 1 aromatic carbocycles. The highest BCUT2D eigenvalue weighted by Gasteiger charge is 2.17. The summed E-state index contributed by atoms with van der Waals surface area (Å²) in [5.74, 6) is 1.89. The molecule has 1 aromatic heterocycles. The van der Waals surface area contributed by atoms with Crippen molar-refractivity contribution >= 4 is 0 Å². The van der Waals surface area contributed by atoms with Gasteiger partial charge >= 0.3 is 0 Å². The van der Waals surface area contributed by atoms with E-state index in [0.717, 1.165) is 42.5 Å². The van der Waals surface area contributed by atoms with Gasteiger partial charge in [-0.3, -0.25) is 4.79 Å². The van der Waals surface area contributed by atoms with Gasteiger partial charge in [0.05, 0.1) is 25.5 Å². The van der Waals surface area contributed by atoms with E-state index < -0.39 is 0 Å². The van der Waals surface area contributed by atoms with Gasteiger partial charge in [0, 0.05) is 11.6 Å². The van der Waals surface area contributed by atoms with Crippen LogP contribution in [-0.4, -0.2) is 24.2 Å². The lowest BCUT2D eigenvalue weighted by molar-refractivity contribution is 0.395. The zero-order valence-corrected chi connectivity index (χ0v) is 12.2. The van der Waals surface area contributed by atoms with Crippen LogP contribution in [0.25, 0.3) is 11.4 Å². The Labute approximate surface area is 123 Å². The minimum absolute atomic E-state index is 0.0347. The number of fused-ring (bicyclic) bond motifs is 1. The summed E-state index contributed by atoms with van der Waals surface area (Å²) in [6.07, 6.45) is 3.83. The van der Waals surface area contributed by atoms with E-state index in [9.17, 15) is 4.79 Å². The number of methoxy groups -OCH3 is 2. The summed E-state index contributed by atoms with van der Waals surface area (Å²) in [7, 11) is 3.20. The van der Waals surface area contributed by atoms with Crippen LogP contribution in [0.3, 0.4) is 0 Å². The number of benzene rings is 1. The lowest BCUT2D eigenvalue weighted by Gasteiger charge is -2.16. The molecule has 0 bridgehead atoms. The van der Waals surface area contributed by atoms with Crippen LogP contribution in [0.4, 0.5) is 0 Å². The standard InChI is InChI=1S/C16H18N2O3/c1-20-10-7-8-12(14(9-10)21-2)15-17-13-6-4-3-5-11(13)16(19)18-15/h7-9H,3-6H2,1-2H3,(H,17,18,19). The number of rotatable bonds is 3. The summed E-state index contributed by atoms with van der Waals surface area (Å²) < 4.78 is 10.6. The molecule has 0 amide bonds. The Balaban J connectivity index is 2.12. The van der Waals surface area contributed by atoms with Gasteiger partial charge < -0.3 is 14.5 Å². The van der Waals surface area contributed by atoms with Crippen molar-refractivity contribution in [3.05, 3.63) is 39.8 Å². The van der Waals surface area contributed by atoms with E-state index in [0.29, 0.717) is 17.3 Å². The molecule has 110 valence electrons. The number of hydrogen-bond donors (Lipinski definition) is 1. The molecule has 0 saturated carbocycles. The Morgan fingerprint density at radius 2 is 1.95 bits per heavy atom. The summed E-state index contributed by atoms with van der Waals surface area (Å²) in [5, 5.41) is 0. The van der Waals surface area contributed by atoms with E-state index in [1.54, 1.807) is 20.3 Å². The van der Waals surface area contributed by atoms with Crippen LogP contribution >= 0.6 is 0 Å². The van der Waals surface area contributed by atoms with Gasteiger partial charge in [0.25, 0.3) is 5.56 Å². The summed E-state index contributed by atoms with van der Waals surface area (Å²) in [6.45, 7) is 0. The molecular weight excluding hydrogens is 268 g/mol. The summed E-state index contributed by atoms with van der Waals surface area (Å²) in [6, 6.07) is 5.47. The first-order chi connectivity index (χ1) is 10.2. The molecule has 0 atom stereocenters. The number of nitrogens with zero attached hydrogens (tertiary/aromatic N) is 1. The maximum atomic E-state index is 12.2. The highest BCUT2D eigenvalue weighted by molar-refractivity contribution is 5.66. The van der Waals surface area contributed by atoms with Crippen molar-refractivity contribution in [3.63, 3.8) is 0 Å². The lowest BCUT2D eigenvalue weighted by atomic mass is 9.97. The Bertz CT molecular complexity index is 722. The number of aromatic amines is 1. The zero-order chi connectivity index (χ0) is 14.8. The molecule has 0 radical (unpaired) electrons. The van der Waals surface area contributed by atoms with Crippen molar-refractivity contribution in [2.75, 3.05) is 14.2 Å². The Morgan fingerprint density at radius 3 is 2.71 bits per heavy atom. The molecule has 0 spiro atoms. The maximum absolute atomic E-state index is 12.2. The van der Waals surface area contributed by atoms with Gasteiger partial charge in [-0.25, -0.2) is 4.98 Å². The van der Waals surface area contributed by atoms with Crippen LogP contribution in [-0.2, 0) is 12.8 Å². The summed E-state index contributed by atoms with van der Waals surface area (Å²) in [5.41, 5.74) is 2.48. The molecule has 5 nitrogen and oxygen atoms in total. The van der Waals surface area contributed by atoms with E-state index in [-0.39, 0.29) is 5.56 Å². The fourth-order valence-electron chi connectivity index (χ4n) is 2.72. The number of aromatic nitrogens is 2. The molecule has 1 heterocycles. The molecule has 21 heavy (non-hydrogen) atoms. The van der Waals surface area contributed by atoms with Gasteiger partial charge in [-0.1, -0.05) is 0 Å². The molecule has 1 aliphatic rings. The third kappa shape index (κ3) is 2.51. The molecule has 5 heteroatoms. The Kier molecular flexibility index (Phi) is 3.64. The number of hydrogen-bond acceptors (Lipinski definition) is 4. The number of aryl methyl sites for hydroxylation is 1. The second-order valence-corrected chi connectivity index (χ2v) is 5.11. The molecule has 0 fully saturated rings. The summed E-state index contributed by atoms with van der Waals surface area (Å²) >= 11 is 0. The first-order valence-corrected chi connectivity index (χ1v) is 7.07. The number of nitrogens with one attached hydrogen (secondary N) is 1. The van der Waals surface area contributed by atoms with Crippen molar-refractivity contribution in [2.24, 2.45) is 0 Å². The van der Waals surface area contributed by atoms with Crippen LogP contribution in [0.15, 0.2) is 23.0 Å². The third-order valence-corrected chi connectivity index (χ3v) is 3.86. The predicted molar refractivity (Wildman–Crippen MR) is 80.0 cm³/mol. The molecular formula is C16H18N2O3. The molecule has 0 aliphatic heterocycles. The van der Waals surface area contributed by atoms with Crippen molar-refractivity contribution in [1.29, 1.82) is 0 Å². The number of ether oxygens (including phenoxy) is 2. The topological polar surface area (TPSA) is 64.2 Å². The Morgan fingerprint density at radius 1 is 1.14 bits per heavy atom. The fraction of sp³-hybridized carbons (Fsp3) is 0.375. The molecule has 1 N–H and O–H groups in total. The van der Waals surface area contributed by atoms with Crippen LogP contribution < -0.4 is 15.0 Å². The van der Waals surface area contributed by atoms with Crippen LogP contribution in [0.2, 0.25) is 0 Å². The fourth-order valence-corrected chi connectivity index (χ4v) is 2.72. The van der Waals surface area contributed by atoms with Gasteiger partial charge in [0.2, 0.25) is 0 Å². The quantitative estimate of drug-likeness (QED) is 0.940. The molecule has 3 rings (SSSR count). The molecule has 0 unspecified atom stereocenters. The van der Waals surface area contributed by atoms with E-state index in [2.05, 4.69) is 9.97 Å². The van der Waals surface area contributed by atoms with Crippen LogP contribution in [0.5, 0.6) is 11.5 Å². The average Bonchev–Trinajstić information content (AvgIpc) is 2.54. The first-order valence-electron chi connectivity index (χ1n) is 7.07. The zero-order valence-electron chi connectivity index (χ0n) is 12.2. The van der Waals surface area contributed by atoms with Crippen molar-refractivity contribution in [3.8, 4) is 22.9 Å². The molecule has 1 aliphatic carbocycles. The van der Waals surface area contributed by atoms with Gasteiger partial charge in [0.1, 0.15) is 17.3 Å². The predicted octanol–water partition coefficient (Wildman–Crippen LogP) is 2.33. The van der Waals surface area contributed by atoms with Gasteiger partial charge in [0.15, 0.2) is 0 Å². The smallest absolute Gasteiger partial charge is 0.254 e. The van der Waals surface area contributed by atoms with Gasteiger partial charge in [-0.2, -0.15) is 0 Å². The molecule has 2 aromatic rings. The van der Waals surface area contributed by atoms with E-state index in [4.69, 9.17) is 9.47 Å². The van der Waals surface area contributed by atoms with Crippen molar-refractivity contribution < 1.29 is 9.47 Å². The SMILES string of the molecule is COc1ccc(-c2nc3c(c(=O)[nH]2)CCCC3)c(OC)c1. The van der Waals surface area contributed by atoms with Crippen molar-refractivity contribution in [1.82, 2.24) is 9.97 Å². The van der Waals surface area contributed by atoms with E-state index in [1.807, 2.05) is 12.1 Å². The third-order valence-electron chi connectivity index (χ3n) is 3.86. The normalized spacial score (nSPS) is 13.6. The number of H-pyrrole nitrogens is 1. The monoisotopic (exact) mass is 286 g/mol. The first kappa shape index (κ1) is 13.7. The van der Waals surface area contributed by atoms with Crippen LogP contribution in [0, 0.1) is 0 Å². The minimum atomic E-state index is -0.0347. The minimum Gasteiger partial charge on any atom is -0.497 e. The summed E-state index contributed by atoms with van der Waals surface area (Å²) in [4.78, 5) is 19.7. The second-order valence-electron chi connectivity index (χ2n) is 5.11. The maximum Gasteiger partial charge on any atom is 0.254 e. The van der Waals surface area contributed by atoms with E-state index in [1.165, 1.54) is 0 Å². The average molecular weight is 286 g/mol. The molecule has 0 saturated heterocycles. The van der Waals surface area contributed by atoms with Gasteiger partial charge in [-0.15, -0.1) is 0 Å². The van der Waals surface area contributed by atoms with Crippen LogP contribution in [0.1, 0.15) is 24.1 Å². The van der Waals surface area contributed by atoms with Crippen molar-refractivity contribution in [2.45, 2.75) is 25.7 Å². The van der Waals surface area contributed by atoms with Gasteiger partial charge in [-0.05, 0) is 37.8 Å². The highest BCUT2D eigenvalue weighted by atomic mass is 16.5. The highest BCUT2D eigenvalue weighted by Crippen LogP contribution is 2.31. The van der Waals surface area contributed by atoms with E-state index >= 15 is 0 Å². The second kappa shape index (κ2) is 5.60.